The molecule has 1 aromatic heterocycles. The minimum Gasteiger partial charge on any atom is -0.350 e. The minimum absolute atomic E-state index is 0.0116. The summed E-state index contributed by atoms with van der Waals surface area (Å²) >= 11 is 0. The fourth-order valence-corrected chi connectivity index (χ4v) is 1.89. The second-order valence-corrected chi connectivity index (χ2v) is 4.14. The molecule has 1 aromatic carbocycles. The largest absolute Gasteiger partial charge is 0.350 e. The van der Waals surface area contributed by atoms with Crippen LogP contribution in [0.3, 0.4) is 0 Å². The highest BCUT2D eigenvalue weighted by Crippen LogP contribution is 2.12. The predicted octanol–water partition coefficient (Wildman–Crippen LogP) is 1.59. The lowest BCUT2D eigenvalue weighted by molar-refractivity contribution is 0.0956. The number of hydrogen-bond donors (Lipinski definition) is 1. The Labute approximate surface area is 109 Å². The topological polar surface area (TPSA) is 51.1 Å². The van der Waals surface area contributed by atoms with Crippen LogP contribution >= 0.6 is 0 Å². The average Bonchev–Trinajstić information content (AvgIpc) is 2.40. The molecule has 4 nitrogen and oxygen atoms in total. The van der Waals surface area contributed by atoms with Crippen molar-refractivity contribution >= 4 is 16.8 Å². The summed E-state index contributed by atoms with van der Waals surface area (Å²) in [7, 11) is 1.70. The number of aromatic nitrogens is 1. The first-order valence-corrected chi connectivity index (χ1v) is 5.72. The summed E-state index contributed by atoms with van der Waals surface area (Å²) < 4.78 is 14.8. The molecule has 5 heteroatoms. The number of fused-ring (bicyclic) bond motifs is 1. The summed E-state index contributed by atoms with van der Waals surface area (Å²) in [4.78, 5) is 24.0. The molecule has 1 amide bonds. The molecule has 98 valence electrons. The van der Waals surface area contributed by atoms with Gasteiger partial charge in [0, 0.05) is 25.2 Å². The van der Waals surface area contributed by atoms with Gasteiger partial charge in [0.1, 0.15) is 11.4 Å². The second kappa shape index (κ2) is 5.06. The van der Waals surface area contributed by atoms with Crippen LogP contribution in [0.1, 0.15) is 10.4 Å². The fraction of sp³-hybridized carbons (Fsp3) is 0.143. The van der Waals surface area contributed by atoms with Gasteiger partial charge >= 0.3 is 0 Å². The number of benzene rings is 1. The quantitative estimate of drug-likeness (QED) is 0.852. The van der Waals surface area contributed by atoms with E-state index in [-0.39, 0.29) is 17.5 Å². The lowest BCUT2D eigenvalue weighted by atomic mass is 10.1. The van der Waals surface area contributed by atoms with E-state index in [0.29, 0.717) is 5.52 Å². The number of halogens is 1. The van der Waals surface area contributed by atoms with Crippen molar-refractivity contribution in [1.29, 1.82) is 0 Å². The minimum atomic E-state index is -0.506. The molecule has 0 saturated heterocycles. The third-order valence-corrected chi connectivity index (χ3v) is 2.80. The summed E-state index contributed by atoms with van der Waals surface area (Å²) in [6.07, 6.45) is 2.96. The molecule has 2 rings (SSSR count). The van der Waals surface area contributed by atoms with Gasteiger partial charge in [-0.2, -0.15) is 0 Å². The van der Waals surface area contributed by atoms with Gasteiger partial charge < -0.3 is 9.88 Å². The normalized spacial score (nSPS) is 10.4. The summed E-state index contributed by atoms with van der Waals surface area (Å²) in [5.74, 6) is -1.00. The van der Waals surface area contributed by atoms with Crippen molar-refractivity contribution in [3.05, 3.63) is 58.7 Å². The monoisotopic (exact) mass is 260 g/mol. The zero-order valence-electron chi connectivity index (χ0n) is 10.4. The van der Waals surface area contributed by atoms with E-state index in [9.17, 15) is 14.0 Å². The van der Waals surface area contributed by atoms with Crippen LogP contribution < -0.4 is 10.7 Å². The van der Waals surface area contributed by atoms with Gasteiger partial charge in [-0.1, -0.05) is 6.08 Å². The molecule has 0 fully saturated rings. The number of carbonyl (C=O) groups excluding carboxylic acids is 1. The number of nitrogens with one attached hydrogen (secondary N) is 1. The molecule has 0 spiro atoms. The van der Waals surface area contributed by atoms with Crippen LogP contribution in [0, 0.1) is 5.82 Å². The third-order valence-electron chi connectivity index (χ3n) is 2.80. The van der Waals surface area contributed by atoms with Crippen LogP contribution in [0.15, 0.2) is 41.8 Å². The molecule has 1 N–H and O–H groups in total. The lowest BCUT2D eigenvalue weighted by Crippen LogP contribution is -2.29. The molecule has 0 radical (unpaired) electrons. The van der Waals surface area contributed by atoms with Crippen LogP contribution in [0.5, 0.6) is 0 Å². The van der Waals surface area contributed by atoms with E-state index in [1.54, 1.807) is 11.6 Å². The highest BCUT2D eigenvalue weighted by molar-refractivity contribution is 5.97. The van der Waals surface area contributed by atoms with Crippen molar-refractivity contribution in [1.82, 2.24) is 9.88 Å². The summed E-state index contributed by atoms with van der Waals surface area (Å²) in [6.45, 7) is 3.75. The lowest BCUT2D eigenvalue weighted by Gasteiger charge is -2.08. The highest BCUT2D eigenvalue weighted by atomic mass is 19.1. The molecular formula is C14H13FN2O2. The van der Waals surface area contributed by atoms with Crippen LogP contribution in [-0.2, 0) is 7.05 Å². The molecule has 0 aliphatic rings. The van der Waals surface area contributed by atoms with Crippen LogP contribution in [0.2, 0.25) is 0 Å². The van der Waals surface area contributed by atoms with Crippen molar-refractivity contribution in [2.24, 2.45) is 7.05 Å². The van der Waals surface area contributed by atoms with Gasteiger partial charge in [-0.15, -0.1) is 6.58 Å². The SMILES string of the molecule is C=CCNC(=O)c1cn(C)c2ccc(F)cc2c1=O. The Morgan fingerprint density at radius 3 is 2.95 bits per heavy atom. The van der Waals surface area contributed by atoms with Crippen LogP contribution in [0.25, 0.3) is 10.9 Å². The maximum Gasteiger partial charge on any atom is 0.257 e. The number of nitrogens with zero attached hydrogens (tertiary/aromatic N) is 1. The standard InChI is InChI=1S/C14H13FN2O2/c1-3-6-16-14(19)11-8-17(2)12-5-4-9(15)7-10(12)13(11)18/h3-5,7-8H,1,6H2,2H3,(H,16,19). The van der Waals surface area contributed by atoms with E-state index in [1.807, 2.05) is 0 Å². The van der Waals surface area contributed by atoms with E-state index in [0.717, 1.165) is 6.07 Å². The number of rotatable bonds is 3. The first-order chi connectivity index (χ1) is 9.04. The van der Waals surface area contributed by atoms with Gasteiger partial charge in [0.25, 0.3) is 5.91 Å². The maximum atomic E-state index is 13.2. The van der Waals surface area contributed by atoms with Gasteiger partial charge in [-0.25, -0.2) is 4.39 Å². The van der Waals surface area contributed by atoms with Crippen LogP contribution in [-0.4, -0.2) is 17.0 Å². The van der Waals surface area contributed by atoms with Crippen LogP contribution in [0.4, 0.5) is 4.39 Å². The van der Waals surface area contributed by atoms with Crippen molar-refractivity contribution in [3.8, 4) is 0 Å². The zero-order valence-corrected chi connectivity index (χ0v) is 10.4. The van der Waals surface area contributed by atoms with Crippen molar-refractivity contribution in [2.75, 3.05) is 6.54 Å². The molecule has 0 unspecified atom stereocenters. The van der Waals surface area contributed by atoms with Gasteiger partial charge in [0.2, 0.25) is 5.43 Å². The first kappa shape index (κ1) is 13.0. The Bertz CT molecular complexity index is 719. The summed E-state index contributed by atoms with van der Waals surface area (Å²) in [5, 5.41) is 2.72. The highest BCUT2D eigenvalue weighted by Gasteiger charge is 2.14. The van der Waals surface area contributed by atoms with Crippen molar-refractivity contribution in [2.45, 2.75) is 0 Å². The average molecular weight is 260 g/mol. The third kappa shape index (κ3) is 2.40. The number of amides is 1. The molecule has 19 heavy (non-hydrogen) atoms. The molecule has 0 bridgehead atoms. The Morgan fingerprint density at radius 2 is 2.26 bits per heavy atom. The number of carbonyl (C=O) groups is 1. The Hall–Kier alpha value is -2.43. The van der Waals surface area contributed by atoms with E-state index in [4.69, 9.17) is 0 Å². The van der Waals surface area contributed by atoms with E-state index in [1.165, 1.54) is 24.4 Å². The van der Waals surface area contributed by atoms with Crippen molar-refractivity contribution < 1.29 is 9.18 Å². The zero-order chi connectivity index (χ0) is 14.0. The van der Waals surface area contributed by atoms with E-state index >= 15 is 0 Å². The van der Waals surface area contributed by atoms with Gasteiger partial charge in [0.15, 0.2) is 0 Å². The van der Waals surface area contributed by atoms with E-state index in [2.05, 4.69) is 11.9 Å². The summed E-state index contributed by atoms with van der Waals surface area (Å²) in [5.41, 5.74) is 0.0864. The fourth-order valence-electron chi connectivity index (χ4n) is 1.89. The number of pyridine rings is 1. The van der Waals surface area contributed by atoms with E-state index < -0.39 is 17.2 Å². The Balaban J connectivity index is 2.64. The molecule has 0 aliphatic carbocycles. The van der Waals surface area contributed by atoms with Crippen molar-refractivity contribution in [3.63, 3.8) is 0 Å². The Morgan fingerprint density at radius 1 is 1.53 bits per heavy atom. The molecule has 2 aromatic rings. The second-order valence-electron chi connectivity index (χ2n) is 4.14. The predicted molar refractivity (Wildman–Crippen MR) is 71.7 cm³/mol. The maximum absolute atomic E-state index is 13.2. The molecule has 0 atom stereocenters. The smallest absolute Gasteiger partial charge is 0.257 e. The molecule has 1 heterocycles. The summed E-state index contributed by atoms with van der Waals surface area (Å²) in [6, 6.07) is 3.93. The van der Waals surface area contributed by atoms with Gasteiger partial charge in [-0.3, -0.25) is 9.59 Å². The van der Waals surface area contributed by atoms with Gasteiger partial charge in [-0.05, 0) is 18.2 Å². The van der Waals surface area contributed by atoms with Gasteiger partial charge in [0.05, 0.1) is 5.52 Å². The first-order valence-electron chi connectivity index (χ1n) is 5.72. The number of hydrogen-bond acceptors (Lipinski definition) is 2. The molecule has 0 saturated carbocycles. The Kier molecular flexibility index (Phi) is 3.46. The molecule has 0 aliphatic heterocycles. The number of aryl methyl sites for hydroxylation is 1. The molecular weight excluding hydrogens is 247 g/mol.